The van der Waals surface area contributed by atoms with E-state index < -0.39 is 0 Å². The molecule has 184 valence electrons. The third kappa shape index (κ3) is 3.52. The van der Waals surface area contributed by atoms with Crippen LogP contribution < -0.4 is 4.90 Å². The second-order valence-corrected chi connectivity index (χ2v) is 9.78. The molecule has 2 aromatic heterocycles. The molecule has 0 radical (unpaired) electrons. The fraction of sp³-hybridized carbons (Fsp3) is 0. The SMILES string of the molecule is c1ccc(N(c2ccccc2)c2cc(-c3ccc4oc5ccccc5c4c3)c3oc4ccccc4c3c2)cc1. The first kappa shape index (κ1) is 21.8. The summed E-state index contributed by atoms with van der Waals surface area (Å²) in [4.78, 5) is 2.30. The molecule has 0 saturated carbocycles. The smallest absolute Gasteiger partial charge is 0.143 e. The quantitative estimate of drug-likeness (QED) is 0.240. The number of hydrogen-bond acceptors (Lipinski definition) is 3. The van der Waals surface area contributed by atoms with Gasteiger partial charge in [-0.3, -0.25) is 0 Å². The van der Waals surface area contributed by atoms with E-state index in [0.29, 0.717) is 0 Å². The van der Waals surface area contributed by atoms with Crippen molar-refractivity contribution in [3.05, 3.63) is 140 Å². The Balaban J connectivity index is 1.44. The zero-order valence-corrected chi connectivity index (χ0v) is 21.0. The van der Waals surface area contributed by atoms with E-state index in [4.69, 9.17) is 8.83 Å². The van der Waals surface area contributed by atoms with Crippen molar-refractivity contribution in [2.24, 2.45) is 0 Å². The molecule has 0 bridgehead atoms. The predicted octanol–water partition coefficient (Wildman–Crippen LogP) is 10.6. The van der Waals surface area contributed by atoms with Crippen molar-refractivity contribution >= 4 is 60.9 Å². The van der Waals surface area contributed by atoms with Crippen molar-refractivity contribution < 1.29 is 8.83 Å². The number of nitrogens with zero attached hydrogens (tertiary/aromatic N) is 1. The standard InChI is InChI=1S/C36H23NO2/c1-3-11-25(12-4-1)37(26-13-5-2-6-14-26)27-22-30(36-32(23-27)29-16-8-10-18-34(29)39-36)24-19-20-35-31(21-24)28-15-7-9-17-33(28)38-35/h1-23H. The Bertz CT molecular complexity index is 2080. The molecule has 0 amide bonds. The van der Waals surface area contributed by atoms with E-state index in [1.807, 2.05) is 24.3 Å². The Kier molecular flexibility index (Phi) is 4.82. The lowest BCUT2D eigenvalue weighted by atomic mass is 9.98. The first-order valence-corrected chi connectivity index (χ1v) is 13.1. The van der Waals surface area contributed by atoms with Crippen LogP contribution in [0.5, 0.6) is 0 Å². The zero-order chi connectivity index (χ0) is 25.8. The molecule has 0 aliphatic rings. The highest BCUT2D eigenvalue weighted by molar-refractivity contribution is 6.13. The van der Waals surface area contributed by atoms with Gasteiger partial charge in [-0.15, -0.1) is 0 Å². The molecule has 3 heteroatoms. The van der Waals surface area contributed by atoms with E-state index in [1.165, 1.54) is 0 Å². The van der Waals surface area contributed by atoms with Gasteiger partial charge < -0.3 is 13.7 Å². The van der Waals surface area contributed by atoms with Gasteiger partial charge in [0, 0.05) is 44.2 Å². The molecule has 0 atom stereocenters. The first-order valence-electron chi connectivity index (χ1n) is 13.1. The van der Waals surface area contributed by atoms with Crippen molar-refractivity contribution in [2.75, 3.05) is 4.90 Å². The first-order chi connectivity index (χ1) is 19.3. The van der Waals surface area contributed by atoms with Crippen LogP contribution in [0.15, 0.2) is 148 Å². The van der Waals surface area contributed by atoms with E-state index in [0.717, 1.165) is 72.1 Å². The van der Waals surface area contributed by atoms with Crippen LogP contribution in [0.2, 0.25) is 0 Å². The van der Waals surface area contributed by atoms with E-state index in [1.54, 1.807) is 0 Å². The zero-order valence-electron chi connectivity index (χ0n) is 21.0. The van der Waals surface area contributed by atoms with E-state index in [-0.39, 0.29) is 0 Å². The Labute approximate surface area is 225 Å². The maximum Gasteiger partial charge on any atom is 0.143 e. The summed E-state index contributed by atoms with van der Waals surface area (Å²) >= 11 is 0. The largest absolute Gasteiger partial charge is 0.456 e. The van der Waals surface area contributed by atoms with Gasteiger partial charge in [-0.2, -0.15) is 0 Å². The summed E-state index contributed by atoms with van der Waals surface area (Å²) in [5.41, 5.74) is 8.93. The van der Waals surface area contributed by atoms with Crippen molar-refractivity contribution in [2.45, 2.75) is 0 Å². The van der Waals surface area contributed by atoms with Gasteiger partial charge in [0.2, 0.25) is 0 Å². The van der Waals surface area contributed by atoms with Crippen LogP contribution in [0, 0.1) is 0 Å². The van der Waals surface area contributed by atoms with Crippen molar-refractivity contribution in [3.63, 3.8) is 0 Å². The lowest BCUT2D eigenvalue weighted by Gasteiger charge is -2.26. The van der Waals surface area contributed by atoms with Crippen molar-refractivity contribution in [1.29, 1.82) is 0 Å². The molecule has 0 aliphatic heterocycles. The number of para-hydroxylation sites is 4. The highest BCUT2D eigenvalue weighted by Gasteiger charge is 2.20. The topological polar surface area (TPSA) is 29.5 Å². The van der Waals surface area contributed by atoms with Crippen molar-refractivity contribution in [1.82, 2.24) is 0 Å². The molecule has 0 aliphatic carbocycles. The normalized spacial score (nSPS) is 11.6. The number of anilines is 3. The van der Waals surface area contributed by atoms with Crippen LogP contribution in [0.25, 0.3) is 55.0 Å². The summed E-state index contributed by atoms with van der Waals surface area (Å²) in [7, 11) is 0. The van der Waals surface area contributed by atoms with Gasteiger partial charge in [0.15, 0.2) is 0 Å². The molecule has 0 saturated heterocycles. The minimum atomic E-state index is 0.881. The third-order valence-electron chi connectivity index (χ3n) is 7.44. The summed E-state index contributed by atoms with van der Waals surface area (Å²) in [6, 6.07) is 48.4. The second kappa shape index (κ2) is 8.64. The Hall–Kier alpha value is -5.28. The average Bonchev–Trinajstić information content (AvgIpc) is 3.56. The lowest BCUT2D eigenvalue weighted by Crippen LogP contribution is -2.09. The fourth-order valence-electron chi connectivity index (χ4n) is 5.65. The molecule has 0 spiro atoms. The van der Waals surface area contributed by atoms with Crippen LogP contribution in [0.4, 0.5) is 17.1 Å². The number of benzene rings is 6. The molecule has 39 heavy (non-hydrogen) atoms. The highest BCUT2D eigenvalue weighted by Crippen LogP contribution is 2.44. The minimum absolute atomic E-state index is 0.881. The monoisotopic (exact) mass is 501 g/mol. The maximum atomic E-state index is 6.52. The van der Waals surface area contributed by atoms with Gasteiger partial charge in [0.05, 0.1) is 0 Å². The van der Waals surface area contributed by atoms with Gasteiger partial charge in [0.25, 0.3) is 0 Å². The van der Waals surface area contributed by atoms with Gasteiger partial charge >= 0.3 is 0 Å². The van der Waals surface area contributed by atoms with Crippen LogP contribution in [0.3, 0.4) is 0 Å². The van der Waals surface area contributed by atoms with Gasteiger partial charge in [-0.1, -0.05) is 78.9 Å². The molecule has 8 rings (SSSR count). The molecule has 0 fully saturated rings. The molecular formula is C36H23NO2. The Morgan fingerprint density at radius 3 is 1.64 bits per heavy atom. The van der Waals surface area contributed by atoms with Gasteiger partial charge in [-0.25, -0.2) is 0 Å². The summed E-state index contributed by atoms with van der Waals surface area (Å²) in [6.07, 6.45) is 0. The number of rotatable bonds is 4. The van der Waals surface area contributed by atoms with Crippen molar-refractivity contribution in [3.8, 4) is 11.1 Å². The van der Waals surface area contributed by atoms with Crippen LogP contribution in [0.1, 0.15) is 0 Å². The van der Waals surface area contributed by atoms with Gasteiger partial charge in [0.1, 0.15) is 22.3 Å². The molecule has 0 unspecified atom stereocenters. The van der Waals surface area contributed by atoms with Crippen LogP contribution in [-0.4, -0.2) is 0 Å². The molecule has 0 N–H and O–H groups in total. The number of hydrogen-bond donors (Lipinski definition) is 0. The fourth-order valence-corrected chi connectivity index (χ4v) is 5.65. The van der Waals surface area contributed by atoms with E-state index in [9.17, 15) is 0 Å². The molecule has 8 aromatic rings. The highest BCUT2D eigenvalue weighted by atomic mass is 16.3. The van der Waals surface area contributed by atoms with Crippen LogP contribution in [-0.2, 0) is 0 Å². The number of fused-ring (bicyclic) bond motifs is 6. The molecule has 3 nitrogen and oxygen atoms in total. The Morgan fingerprint density at radius 1 is 0.385 bits per heavy atom. The van der Waals surface area contributed by atoms with Gasteiger partial charge in [-0.05, 0) is 66.2 Å². The minimum Gasteiger partial charge on any atom is -0.456 e. The Morgan fingerprint density at radius 2 is 0.949 bits per heavy atom. The second-order valence-electron chi connectivity index (χ2n) is 9.78. The number of furan rings is 2. The van der Waals surface area contributed by atoms with E-state index >= 15 is 0 Å². The predicted molar refractivity (Wildman–Crippen MR) is 161 cm³/mol. The van der Waals surface area contributed by atoms with E-state index in [2.05, 4.69) is 120 Å². The average molecular weight is 502 g/mol. The molecule has 2 heterocycles. The third-order valence-corrected chi connectivity index (χ3v) is 7.44. The summed E-state index contributed by atoms with van der Waals surface area (Å²) < 4.78 is 12.6. The molecule has 6 aromatic carbocycles. The maximum absolute atomic E-state index is 6.52. The summed E-state index contributed by atoms with van der Waals surface area (Å²) in [5.74, 6) is 0. The molecular weight excluding hydrogens is 478 g/mol. The lowest BCUT2D eigenvalue weighted by molar-refractivity contribution is 0.668. The summed E-state index contributed by atoms with van der Waals surface area (Å²) in [5, 5.41) is 4.40. The summed E-state index contributed by atoms with van der Waals surface area (Å²) in [6.45, 7) is 0. The van der Waals surface area contributed by atoms with Crippen LogP contribution >= 0.6 is 0 Å².